The summed E-state index contributed by atoms with van der Waals surface area (Å²) in [7, 11) is 0. The molecular formula is C20H27N6O+. The number of fused-ring (bicyclic) bond motifs is 3. The van der Waals surface area contributed by atoms with Crippen LogP contribution in [0.1, 0.15) is 37.8 Å². The second kappa shape index (κ2) is 7.23. The highest BCUT2D eigenvalue weighted by Crippen LogP contribution is 2.22. The van der Waals surface area contributed by atoms with Crippen LogP contribution in [-0.2, 0) is 11.3 Å². The molecule has 4 rings (SSSR count). The average Bonchev–Trinajstić information content (AvgIpc) is 3.30. The molecule has 1 fully saturated rings. The highest BCUT2D eigenvalue weighted by molar-refractivity contribution is 5.84. The molecule has 0 saturated carbocycles. The summed E-state index contributed by atoms with van der Waals surface area (Å²) in [6, 6.07) is 8.91. The molecule has 1 amide bonds. The van der Waals surface area contributed by atoms with Crippen LogP contribution in [0.15, 0.2) is 24.3 Å². The largest absolute Gasteiger partial charge is 0.333 e. The maximum Gasteiger partial charge on any atom is 0.219 e. The maximum atomic E-state index is 12.4. The van der Waals surface area contributed by atoms with Gasteiger partial charge in [0, 0.05) is 37.3 Å². The summed E-state index contributed by atoms with van der Waals surface area (Å²) < 4.78 is 1.79. The summed E-state index contributed by atoms with van der Waals surface area (Å²) in [4.78, 5) is 15.9. The minimum atomic E-state index is 0.104. The molecule has 0 radical (unpaired) electrons. The van der Waals surface area contributed by atoms with Crippen molar-refractivity contribution < 1.29 is 9.69 Å². The van der Waals surface area contributed by atoms with Crippen molar-refractivity contribution in [2.75, 3.05) is 19.6 Å². The average molecular weight is 367 g/mol. The van der Waals surface area contributed by atoms with Gasteiger partial charge in [-0.05, 0) is 42.0 Å². The normalized spacial score (nSPS) is 19.8. The third-order valence-corrected chi connectivity index (χ3v) is 5.83. The van der Waals surface area contributed by atoms with Gasteiger partial charge in [-0.2, -0.15) is 4.52 Å². The van der Waals surface area contributed by atoms with Gasteiger partial charge in [0.15, 0.2) is 5.65 Å². The van der Waals surface area contributed by atoms with E-state index in [2.05, 4.69) is 53.6 Å². The molecule has 1 N–H and O–H groups in total. The summed E-state index contributed by atoms with van der Waals surface area (Å²) in [6.45, 7) is 9.59. The number of carbonyl (C=O) groups excluding carboxylic acids is 1. The predicted molar refractivity (Wildman–Crippen MR) is 104 cm³/mol. The molecule has 0 spiro atoms. The Morgan fingerprint density at radius 3 is 3.00 bits per heavy atom. The molecule has 7 heteroatoms. The maximum absolute atomic E-state index is 12.4. The first kappa shape index (κ1) is 17.9. The number of rotatable bonds is 5. The molecule has 7 nitrogen and oxygen atoms in total. The first-order valence-electron chi connectivity index (χ1n) is 9.77. The topological polar surface area (TPSA) is 67.8 Å². The number of amides is 1. The first-order chi connectivity index (χ1) is 13.1. The van der Waals surface area contributed by atoms with Crippen LogP contribution in [0.5, 0.6) is 0 Å². The number of quaternary nitrogens is 1. The van der Waals surface area contributed by atoms with Gasteiger partial charge in [-0.15, -0.1) is 5.10 Å². The Morgan fingerprint density at radius 1 is 1.37 bits per heavy atom. The van der Waals surface area contributed by atoms with Gasteiger partial charge in [-0.3, -0.25) is 4.79 Å². The van der Waals surface area contributed by atoms with Crippen LogP contribution in [0.25, 0.3) is 16.6 Å². The number of benzene rings is 1. The number of likely N-dealkylation sites (tertiary alicyclic amines) is 1. The zero-order chi connectivity index (χ0) is 19.0. The van der Waals surface area contributed by atoms with E-state index in [1.54, 1.807) is 16.3 Å². The second-order valence-electron chi connectivity index (χ2n) is 7.65. The molecule has 1 aromatic carbocycles. The van der Waals surface area contributed by atoms with Crippen molar-refractivity contribution in [2.24, 2.45) is 0 Å². The number of nitrogens with one attached hydrogen (secondary N) is 1. The van der Waals surface area contributed by atoms with Gasteiger partial charge in [0.2, 0.25) is 5.91 Å². The van der Waals surface area contributed by atoms with Crippen molar-refractivity contribution in [3.8, 4) is 0 Å². The molecule has 0 bridgehead atoms. The van der Waals surface area contributed by atoms with Gasteiger partial charge in [-0.25, -0.2) is 0 Å². The fourth-order valence-electron chi connectivity index (χ4n) is 4.32. The molecule has 1 saturated heterocycles. The van der Waals surface area contributed by atoms with Crippen LogP contribution >= 0.6 is 0 Å². The Balaban J connectivity index is 1.68. The van der Waals surface area contributed by atoms with Gasteiger partial charge < -0.3 is 9.80 Å². The van der Waals surface area contributed by atoms with E-state index in [1.807, 2.05) is 4.90 Å². The molecule has 1 unspecified atom stereocenters. The molecule has 2 aromatic heterocycles. The number of likely N-dealkylation sites (N-methyl/N-ethyl adjacent to an activating group) is 1. The SMILES string of the molecule is CC[NH+]1CCC[C@H]1CN(Cc1cc2ccc(C)cc2n2nnnc12)C(C)=O. The molecule has 0 aliphatic carbocycles. The number of tetrazole rings is 1. The zero-order valence-electron chi connectivity index (χ0n) is 16.3. The number of pyridine rings is 1. The Morgan fingerprint density at radius 2 is 2.22 bits per heavy atom. The molecule has 142 valence electrons. The van der Waals surface area contributed by atoms with Crippen LogP contribution in [0, 0.1) is 6.92 Å². The van der Waals surface area contributed by atoms with E-state index in [9.17, 15) is 4.79 Å². The lowest BCUT2D eigenvalue weighted by molar-refractivity contribution is -0.909. The van der Waals surface area contributed by atoms with Gasteiger partial charge in [0.25, 0.3) is 0 Å². The lowest BCUT2D eigenvalue weighted by Gasteiger charge is -2.27. The van der Waals surface area contributed by atoms with E-state index in [-0.39, 0.29) is 5.91 Å². The molecule has 1 aliphatic heterocycles. The van der Waals surface area contributed by atoms with Crippen molar-refractivity contribution in [1.29, 1.82) is 0 Å². The van der Waals surface area contributed by atoms with E-state index in [1.165, 1.54) is 24.9 Å². The fourth-order valence-corrected chi connectivity index (χ4v) is 4.32. The second-order valence-corrected chi connectivity index (χ2v) is 7.65. The van der Waals surface area contributed by atoms with E-state index in [0.29, 0.717) is 12.6 Å². The molecular weight excluding hydrogens is 340 g/mol. The van der Waals surface area contributed by atoms with Crippen LogP contribution in [-0.4, -0.2) is 56.5 Å². The van der Waals surface area contributed by atoms with Crippen LogP contribution < -0.4 is 4.90 Å². The van der Waals surface area contributed by atoms with Crippen molar-refractivity contribution >= 4 is 22.5 Å². The zero-order valence-corrected chi connectivity index (χ0v) is 16.3. The lowest BCUT2D eigenvalue weighted by atomic mass is 10.1. The summed E-state index contributed by atoms with van der Waals surface area (Å²) in [5.41, 5.74) is 3.87. The third kappa shape index (κ3) is 3.39. The highest BCUT2D eigenvalue weighted by atomic mass is 16.2. The molecule has 3 aromatic rings. The number of aromatic nitrogens is 4. The van der Waals surface area contributed by atoms with E-state index < -0.39 is 0 Å². The molecule has 1 aliphatic rings. The van der Waals surface area contributed by atoms with E-state index in [0.717, 1.165) is 35.2 Å². The standard InChI is InChI=1S/C20H26N6O/c1-4-24-9-5-6-18(24)13-25(15(3)27)12-17-11-16-8-7-14(2)10-19(16)26-20(17)21-22-23-26/h7-8,10-11,18H,4-6,9,12-13H2,1-3H3/p+1/t18-/m0/s1. The van der Waals surface area contributed by atoms with Crippen LogP contribution in [0.3, 0.4) is 0 Å². The Hall–Kier alpha value is -2.54. The smallest absolute Gasteiger partial charge is 0.219 e. The third-order valence-electron chi connectivity index (χ3n) is 5.83. The number of nitrogens with zero attached hydrogens (tertiary/aromatic N) is 5. The van der Waals surface area contributed by atoms with Crippen molar-refractivity contribution in [3.63, 3.8) is 0 Å². The van der Waals surface area contributed by atoms with E-state index in [4.69, 9.17) is 0 Å². The summed E-state index contributed by atoms with van der Waals surface area (Å²) in [5.74, 6) is 0.104. The fraction of sp³-hybridized carbons (Fsp3) is 0.500. The van der Waals surface area contributed by atoms with Gasteiger partial charge in [0.05, 0.1) is 25.2 Å². The Kier molecular flexibility index (Phi) is 4.78. The van der Waals surface area contributed by atoms with Crippen molar-refractivity contribution in [1.82, 2.24) is 24.9 Å². The van der Waals surface area contributed by atoms with Crippen molar-refractivity contribution in [3.05, 3.63) is 35.4 Å². The summed E-state index contributed by atoms with van der Waals surface area (Å²) in [5, 5.41) is 13.4. The quantitative estimate of drug-likeness (QED) is 0.731. The van der Waals surface area contributed by atoms with Crippen molar-refractivity contribution in [2.45, 2.75) is 46.2 Å². The number of aryl methyl sites for hydroxylation is 1. The van der Waals surface area contributed by atoms with Crippen LogP contribution in [0.4, 0.5) is 0 Å². The number of hydrogen-bond donors (Lipinski definition) is 1. The number of carbonyl (C=O) groups is 1. The first-order valence-corrected chi connectivity index (χ1v) is 9.77. The lowest BCUT2D eigenvalue weighted by Crippen LogP contribution is -3.14. The monoisotopic (exact) mass is 367 g/mol. The molecule has 2 atom stereocenters. The van der Waals surface area contributed by atoms with Gasteiger partial charge in [-0.1, -0.05) is 12.1 Å². The van der Waals surface area contributed by atoms with Gasteiger partial charge >= 0.3 is 0 Å². The molecule has 27 heavy (non-hydrogen) atoms. The Labute approximate surface area is 158 Å². The molecule has 3 heterocycles. The van der Waals surface area contributed by atoms with Crippen LogP contribution in [0.2, 0.25) is 0 Å². The van der Waals surface area contributed by atoms with Gasteiger partial charge in [0.1, 0.15) is 6.04 Å². The number of hydrogen-bond acceptors (Lipinski definition) is 4. The predicted octanol–water partition coefficient (Wildman–Crippen LogP) is 1.00. The minimum Gasteiger partial charge on any atom is -0.333 e. The summed E-state index contributed by atoms with van der Waals surface area (Å²) in [6.07, 6.45) is 2.43. The Bertz CT molecular complexity index is 981. The minimum absolute atomic E-state index is 0.104. The summed E-state index contributed by atoms with van der Waals surface area (Å²) >= 11 is 0. The highest BCUT2D eigenvalue weighted by Gasteiger charge is 2.30. The van der Waals surface area contributed by atoms with E-state index >= 15 is 0 Å².